The van der Waals surface area contributed by atoms with Crippen LogP contribution >= 0.6 is 0 Å². The van der Waals surface area contributed by atoms with Gasteiger partial charge in [-0.3, -0.25) is 0 Å². The van der Waals surface area contributed by atoms with E-state index in [-0.39, 0.29) is 18.7 Å². The van der Waals surface area contributed by atoms with Gasteiger partial charge in [-0.2, -0.15) is 0 Å². The Labute approximate surface area is 123 Å². The average Bonchev–Trinajstić information content (AvgIpc) is 2.49. The van der Waals surface area contributed by atoms with Gasteiger partial charge >= 0.3 is 6.09 Å². The van der Waals surface area contributed by atoms with Gasteiger partial charge in [-0.05, 0) is 27.7 Å². The second-order valence-corrected chi connectivity index (χ2v) is 12.4. The van der Waals surface area contributed by atoms with E-state index in [1.54, 1.807) is 4.90 Å². The van der Waals surface area contributed by atoms with Gasteiger partial charge in [0.1, 0.15) is 19.3 Å². The van der Waals surface area contributed by atoms with E-state index in [9.17, 15) is 9.90 Å². The van der Waals surface area contributed by atoms with Crippen molar-refractivity contribution in [1.29, 1.82) is 0 Å². The Morgan fingerprint density at radius 1 is 1.40 bits per heavy atom. The standard InChI is InChI=1S/C15H27NO3Si/c1-12-10-15(18,8-9-20(5,6)7)11-16(12)13(17)19-14(2,3)4/h12,18H,10-11H2,1-7H3/t12-,15?/m1/s1. The molecule has 1 N–H and O–H groups in total. The number of nitrogens with zero attached hydrogens (tertiary/aromatic N) is 1. The number of rotatable bonds is 0. The summed E-state index contributed by atoms with van der Waals surface area (Å²) in [4.78, 5) is 13.7. The summed E-state index contributed by atoms with van der Waals surface area (Å²) >= 11 is 0. The summed E-state index contributed by atoms with van der Waals surface area (Å²) in [6, 6.07) is -0.0641. The van der Waals surface area contributed by atoms with E-state index in [0.717, 1.165) is 0 Å². The third-order valence-electron chi connectivity index (χ3n) is 2.90. The quantitative estimate of drug-likeness (QED) is 0.552. The first-order valence-electron chi connectivity index (χ1n) is 7.08. The van der Waals surface area contributed by atoms with Crippen LogP contribution in [-0.2, 0) is 4.74 Å². The number of hydrogen-bond donors (Lipinski definition) is 1. The number of ether oxygens (including phenoxy) is 1. The molecule has 1 heterocycles. The largest absolute Gasteiger partial charge is 0.444 e. The highest BCUT2D eigenvalue weighted by Crippen LogP contribution is 2.28. The lowest BCUT2D eigenvalue weighted by atomic mass is 10.0. The van der Waals surface area contributed by atoms with Crippen LogP contribution in [-0.4, -0.2) is 48.0 Å². The molecule has 1 aliphatic heterocycles. The minimum absolute atomic E-state index is 0.0641. The zero-order valence-corrected chi connectivity index (χ0v) is 14.7. The highest BCUT2D eigenvalue weighted by molar-refractivity contribution is 6.83. The minimum atomic E-state index is -1.54. The van der Waals surface area contributed by atoms with E-state index in [4.69, 9.17) is 4.74 Å². The Bertz CT molecular complexity index is 439. The van der Waals surface area contributed by atoms with Crippen molar-refractivity contribution in [2.45, 2.75) is 71.0 Å². The summed E-state index contributed by atoms with van der Waals surface area (Å²) < 4.78 is 5.37. The third kappa shape index (κ3) is 5.18. The highest BCUT2D eigenvalue weighted by atomic mass is 28.3. The number of β-amino-alcohol motifs (C(OH)–C–C–N with tert-alkyl or cyclic N) is 1. The summed E-state index contributed by atoms with van der Waals surface area (Å²) in [5, 5.41) is 10.5. The van der Waals surface area contributed by atoms with E-state index in [1.807, 2.05) is 27.7 Å². The molecule has 0 saturated carbocycles. The van der Waals surface area contributed by atoms with Crippen LogP contribution in [0.5, 0.6) is 0 Å². The zero-order chi connectivity index (χ0) is 15.8. The molecule has 4 nitrogen and oxygen atoms in total. The number of carbonyl (C=O) groups is 1. The molecule has 0 bridgehead atoms. The van der Waals surface area contributed by atoms with Crippen LogP contribution in [0.15, 0.2) is 0 Å². The summed E-state index contributed by atoms with van der Waals surface area (Å²) in [5.41, 5.74) is 1.57. The normalized spacial score (nSPS) is 27.0. The third-order valence-corrected chi connectivity index (χ3v) is 3.77. The SMILES string of the molecule is C[C@@H]1CC(O)(C#C[Si](C)(C)C)CN1C(=O)OC(C)(C)C. The lowest BCUT2D eigenvalue weighted by Crippen LogP contribution is -2.40. The molecule has 2 atom stereocenters. The maximum absolute atomic E-state index is 12.1. The number of carbonyl (C=O) groups excluding carboxylic acids is 1. The predicted octanol–water partition coefficient (Wildman–Crippen LogP) is 2.63. The molecular formula is C15H27NO3Si. The summed E-state index contributed by atoms with van der Waals surface area (Å²) in [6.07, 6.45) is 0.0970. The van der Waals surface area contributed by atoms with Crippen LogP contribution in [0.25, 0.3) is 0 Å². The van der Waals surface area contributed by atoms with Crippen LogP contribution in [0.4, 0.5) is 4.79 Å². The molecule has 0 aromatic rings. The van der Waals surface area contributed by atoms with Gasteiger partial charge in [0, 0.05) is 12.5 Å². The Morgan fingerprint density at radius 2 is 1.95 bits per heavy atom. The molecule has 0 aliphatic carbocycles. The predicted molar refractivity (Wildman–Crippen MR) is 83.1 cm³/mol. The van der Waals surface area contributed by atoms with Crippen LogP contribution in [0.3, 0.4) is 0 Å². The molecule has 1 rings (SSSR count). The Hall–Kier alpha value is -0.993. The van der Waals surface area contributed by atoms with Crippen molar-refractivity contribution in [3.63, 3.8) is 0 Å². The van der Waals surface area contributed by atoms with Gasteiger partial charge in [0.05, 0.1) is 6.54 Å². The van der Waals surface area contributed by atoms with Crippen molar-refractivity contribution in [1.82, 2.24) is 4.90 Å². The van der Waals surface area contributed by atoms with Gasteiger partial charge < -0.3 is 14.7 Å². The van der Waals surface area contributed by atoms with Crippen LogP contribution in [0.2, 0.25) is 19.6 Å². The van der Waals surface area contributed by atoms with Crippen molar-refractivity contribution in [3.8, 4) is 11.5 Å². The Kier molecular flexibility index (Phi) is 4.62. The molecule has 1 saturated heterocycles. The van der Waals surface area contributed by atoms with E-state index in [2.05, 4.69) is 31.1 Å². The second kappa shape index (κ2) is 5.42. The minimum Gasteiger partial charge on any atom is -0.444 e. The van der Waals surface area contributed by atoms with Gasteiger partial charge in [0.2, 0.25) is 0 Å². The van der Waals surface area contributed by atoms with E-state index < -0.39 is 19.3 Å². The topological polar surface area (TPSA) is 49.8 Å². The smallest absolute Gasteiger partial charge is 0.410 e. The van der Waals surface area contributed by atoms with E-state index in [1.165, 1.54) is 0 Å². The molecule has 1 amide bonds. The summed E-state index contributed by atoms with van der Waals surface area (Å²) in [6.45, 7) is 14.0. The lowest BCUT2D eigenvalue weighted by Gasteiger charge is -2.27. The van der Waals surface area contributed by atoms with E-state index >= 15 is 0 Å². The first-order chi connectivity index (χ1) is 8.81. The molecule has 1 fully saturated rings. The van der Waals surface area contributed by atoms with Crippen molar-refractivity contribution < 1.29 is 14.6 Å². The second-order valence-electron chi connectivity index (χ2n) is 7.69. The fourth-order valence-electron chi connectivity index (χ4n) is 2.06. The van der Waals surface area contributed by atoms with Gasteiger partial charge in [0.15, 0.2) is 0 Å². The average molecular weight is 297 g/mol. The molecule has 0 aromatic heterocycles. The van der Waals surface area contributed by atoms with Crippen molar-refractivity contribution in [3.05, 3.63) is 0 Å². The Balaban J connectivity index is 2.81. The fraction of sp³-hybridized carbons (Fsp3) is 0.800. The summed E-state index contributed by atoms with van der Waals surface area (Å²) in [5.74, 6) is 2.99. The molecular weight excluding hydrogens is 270 g/mol. The van der Waals surface area contributed by atoms with Gasteiger partial charge in [-0.1, -0.05) is 25.6 Å². The molecule has 20 heavy (non-hydrogen) atoms. The van der Waals surface area contributed by atoms with Gasteiger partial charge in [-0.25, -0.2) is 4.79 Å². The number of amides is 1. The maximum atomic E-state index is 12.1. The Morgan fingerprint density at radius 3 is 2.40 bits per heavy atom. The van der Waals surface area contributed by atoms with Gasteiger partial charge in [-0.15, -0.1) is 5.54 Å². The molecule has 0 spiro atoms. The first-order valence-corrected chi connectivity index (χ1v) is 10.6. The van der Waals surface area contributed by atoms with Crippen molar-refractivity contribution in [2.75, 3.05) is 6.54 Å². The van der Waals surface area contributed by atoms with Crippen LogP contribution in [0.1, 0.15) is 34.1 Å². The van der Waals surface area contributed by atoms with Crippen LogP contribution in [0, 0.1) is 11.5 Å². The summed E-state index contributed by atoms with van der Waals surface area (Å²) in [7, 11) is -1.54. The first kappa shape index (κ1) is 17.1. The monoisotopic (exact) mass is 297 g/mol. The number of aliphatic hydroxyl groups is 1. The molecule has 0 radical (unpaired) electrons. The van der Waals surface area contributed by atoms with Gasteiger partial charge in [0.25, 0.3) is 0 Å². The molecule has 1 unspecified atom stereocenters. The lowest BCUT2D eigenvalue weighted by molar-refractivity contribution is 0.0196. The zero-order valence-electron chi connectivity index (χ0n) is 13.7. The molecule has 0 aromatic carbocycles. The molecule has 5 heteroatoms. The maximum Gasteiger partial charge on any atom is 0.410 e. The number of likely N-dealkylation sites (tertiary alicyclic amines) is 1. The van der Waals surface area contributed by atoms with Crippen molar-refractivity contribution in [2.24, 2.45) is 0 Å². The highest BCUT2D eigenvalue weighted by Gasteiger charge is 2.43. The number of hydrogen-bond acceptors (Lipinski definition) is 3. The molecule has 114 valence electrons. The van der Waals surface area contributed by atoms with E-state index in [0.29, 0.717) is 6.42 Å². The fourth-order valence-corrected chi connectivity index (χ4v) is 2.67. The molecule has 1 aliphatic rings. The van der Waals surface area contributed by atoms with Crippen LogP contribution < -0.4 is 0 Å². The van der Waals surface area contributed by atoms with Crippen molar-refractivity contribution >= 4 is 14.2 Å².